The molecule has 1 aromatic carbocycles. The summed E-state index contributed by atoms with van der Waals surface area (Å²) in [6, 6.07) is 7.57. The molecule has 0 fully saturated rings. The largest absolute Gasteiger partial charge is 0.484 e. The molecular weight excluding hydrogens is 352 g/mol. The third kappa shape index (κ3) is 4.68. The minimum atomic E-state index is -0.291. The van der Waals surface area contributed by atoms with Crippen LogP contribution < -0.4 is 10.2 Å². The van der Waals surface area contributed by atoms with E-state index in [1.165, 1.54) is 0 Å². The maximum absolute atomic E-state index is 11.6. The van der Waals surface area contributed by atoms with Gasteiger partial charge in [0.2, 0.25) is 0 Å². The number of hydrazone groups is 1. The summed E-state index contributed by atoms with van der Waals surface area (Å²) in [7, 11) is 0. The molecule has 0 aliphatic rings. The number of ether oxygens (including phenoxy) is 1. The molecule has 0 saturated carbocycles. The first kappa shape index (κ1) is 15.7. The number of nitrogens with one attached hydrogen (secondary N) is 1. The summed E-state index contributed by atoms with van der Waals surface area (Å²) in [4.78, 5) is 12.7. The Bertz CT molecular complexity index is 667. The maximum Gasteiger partial charge on any atom is 0.277 e. The minimum Gasteiger partial charge on any atom is -0.484 e. The van der Waals surface area contributed by atoms with Crippen LogP contribution in [0.1, 0.15) is 16.0 Å². The maximum atomic E-state index is 11.6. The number of carbonyl (C=O) groups excluding carboxylic acids is 1. The van der Waals surface area contributed by atoms with Crippen LogP contribution in [-0.4, -0.2) is 18.7 Å². The zero-order chi connectivity index (χ0) is 15.2. The molecule has 2 rings (SSSR count). The fourth-order valence-electron chi connectivity index (χ4n) is 1.57. The summed E-state index contributed by atoms with van der Waals surface area (Å²) >= 11 is 4.99. The number of rotatable bonds is 5. The Labute approximate surface area is 136 Å². The molecule has 4 nitrogen and oxygen atoms in total. The van der Waals surface area contributed by atoms with Crippen molar-refractivity contribution in [1.29, 1.82) is 0 Å². The van der Waals surface area contributed by atoms with Gasteiger partial charge in [0, 0.05) is 9.35 Å². The molecule has 1 N–H and O–H groups in total. The van der Waals surface area contributed by atoms with Crippen LogP contribution in [0.25, 0.3) is 0 Å². The van der Waals surface area contributed by atoms with E-state index in [9.17, 15) is 4.79 Å². The van der Waals surface area contributed by atoms with E-state index < -0.39 is 0 Å². The lowest BCUT2D eigenvalue weighted by Gasteiger charge is -2.06. The summed E-state index contributed by atoms with van der Waals surface area (Å²) in [5.41, 5.74) is 4.64. The first-order valence-electron chi connectivity index (χ1n) is 6.31. The van der Waals surface area contributed by atoms with E-state index in [1.54, 1.807) is 17.6 Å². The molecule has 0 atom stereocenters. The van der Waals surface area contributed by atoms with Crippen LogP contribution in [0.4, 0.5) is 0 Å². The number of hydrogen-bond acceptors (Lipinski definition) is 4. The first-order chi connectivity index (χ1) is 10.1. The lowest BCUT2D eigenvalue weighted by Crippen LogP contribution is -2.24. The molecule has 0 spiro atoms. The molecule has 2 aromatic rings. The Balaban J connectivity index is 1.81. The van der Waals surface area contributed by atoms with Crippen molar-refractivity contribution in [3.05, 3.63) is 50.1 Å². The highest BCUT2D eigenvalue weighted by Crippen LogP contribution is 2.21. The second kappa shape index (κ2) is 7.38. The molecule has 110 valence electrons. The van der Waals surface area contributed by atoms with Gasteiger partial charge in [0.15, 0.2) is 6.61 Å². The van der Waals surface area contributed by atoms with Crippen molar-refractivity contribution in [2.45, 2.75) is 13.8 Å². The quantitative estimate of drug-likeness (QED) is 0.648. The van der Waals surface area contributed by atoms with Crippen molar-refractivity contribution in [2.75, 3.05) is 6.61 Å². The van der Waals surface area contributed by atoms with E-state index >= 15 is 0 Å². The van der Waals surface area contributed by atoms with Gasteiger partial charge in [-0.25, -0.2) is 5.43 Å². The van der Waals surface area contributed by atoms with Crippen molar-refractivity contribution >= 4 is 39.4 Å². The van der Waals surface area contributed by atoms with Crippen LogP contribution >= 0.6 is 27.3 Å². The molecule has 0 aliphatic heterocycles. The number of amides is 1. The van der Waals surface area contributed by atoms with Crippen molar-refractivity contribution in [3.8, 4) is 5.75 Å². The number of benzene rings is 1. The molecule has 0 aliphatic carbocycles. The standard InChI is InChI=1S/C15H15BrN2O2S/c1-10-5-6-21-14(10)8-17-18-15(19)9-20-12-3-4-13(16)11(2)7-12/h3-8H,9H2,1-2H3,(H,18,19). The lowest BCUT2D eigenvalue weighted by molar-refractivity contribution is -0.123. The van der Waals surface area contributed by atoms with Gasteiger partial charge in [-0.15, -0.1) is 11.3 Å². The second-order valence-corrected chi connectivity index (χ2v) is 6.26. The SMILES string of the molecule is Cc1cc(OCC(=O)NN=Cc2sccc2C)ccc1Br. The summed E-state index contributed by atoms with van der Waals surface area (Å²) in [6.45, 7) is 3.89. The van der Waals surface area contributed by atoms with E-state index in [0.29, 0.717) is 5.75 Å². The molecule has 6 heteroatoms. The Kier molecular flexibility index (Phi) is 5.52. The van der Waals surface area contributed by atoms with Crippen LogP contribution in [0.15, 0.2) is 39.2 Å². The van der Waals surface area contributed by atoms with E-state index in [4.69, 9.17) is 4.74 Å². The van der Waals surface area contributed by atoms with Gasteiger partial charge in [0.1, 0.15) is 5.75 Å². The van der Waals surface area contributed by atoms with Crippen molar-refractivity contribution in [3.63, 3.8) is 0 Å². The van der Waals surface area contributed by atoms with Crippen molar-refractivity contribution in [1.82, 2.24) is 5.43 Å². The fraction of sp³-hybridized carbons (Fsp3) is 0.200. The highest BCUT2D eigenvalue weighted by atomic mass is 79.9. The van der Waals surface area contributed by atoms with E-state index in [-0.39, 0.29) is 12.5 Å². The monoisotopic (exact) mass is 366 g/mol. The Morgan fingerprint density at radius 3 is 2.86 bits per heavy atom. The highest BCUT2D eigenvalue weighted by Gasteiger charge is 2.03. The van der Waals surface area contributed by atoms with Gasteiger partial charge in [-0.3, -0.25) is 4.79 Å². The third-order valence-electron chi connectivity index (χ3n) is 2.77. The van der Waals surface area contributed by atoms with E-state index in [2.05, 4.69) is 26.5 Å². The minimum absolute atomic E-state index is 0.0676. The second-order valence-electron chi connectivity index (χ2n) is 4.46. The topological polar surface area (TPSA) is 50.7 Å². The summed E-state index contributed by atoms with van der Waals surface area (Å²) in [5.74, 6) is 0.366. The normalized spacial score (nSPS) is 10.8. The summed E-state index contributed by atoms with van der Waals surface area (Å²) in [6.07, 6.45) is 1.64. The first-order valence-corrected chi connectivity index (χ1v) is 7.98. The van der Waals surface area contributed by atoms with Gasteiger partial charge < -0.3 is 4.74 Å². The van der Waals surface area contributed by atoms with E-state index in [1.807, 2.05) is 43.5 Å². The number of nitrogens with zero attached hydrogens (tertiary/aromatic N) is 1. The smallest absolute Gasteiger partial charge is 0.277 e. The van der Waals surface area contributed by atoms with Crippen LogP contribution in [0.3, 0.4) is 0 Å². The van der Waals surface area contributed by atoms with Gasteiger partial charge >= 0.3 is 0 Å². The highest BCUT2D eigenvalue weighted by molar-refractivity contribution is 9.10. The fourth-order valence-corrected chi connectivity index (χ4v) is 2.60. The molecule has 21 heavy (non-hydrogen) atoms. The Morgan fingerprint density at radius 1 is 1.38 bits per heavy atom. The van der Waals surface area contributed by atoms with Crippen molar-refractivity contribution < 1.29 is 9.53 Å². The van der Waals surface area contributed by atoms with Crippen LogP contribution in [-0.2, 0) is 4.79 Å². The molecule has 0 saturated heterocycles. The zero-order valence-electron chi connectivity index (χ0n) is 11.7. The molecule has 0 bridgehead atoms. The van der Waals surface area contributed by atoms with Gasteiger partial charge in [0.25, 0.3) is 5.91 Å². The van der Waals surface area contributed by atoms with Gasteiger partial charge in [-0.05, 0) is 54.6 Å². The van der Waals surface area contributed by atoms with Crippen LogP contribution in [0.2, 0.25) is 0 Å². The molecule has 0 radical (unpaired) electrons. The number of halogens is 1. The lowest BCUT2D eigenvalue weighted by atomic mass is 10.2. The molecule has 1 heterocycles. The van der Waals surface area contributed by atoms with Gasteiger partial charge in [0.05, 0.1) is 6.21 Å². The van der Waals surface area contributed by atoms with Crippen LogP contribution in [0.5, 0.6) is 5.75 Å². The zero-order valence-corrected chi connectivity index (χ0v) is 14.1. The Morgan fingerprint density at radius 2 is 2.19 bits per heavy atom. The average molecular weight is 367 g/mol. The van der Waals surface area contributed by atoms with Crippen LogP contribution in [0, 0.1) is 13.8 Å². The third-order valence-corrected chi connectivity index (χ3v) is 4.62. The molecule has 0 unspecified atom stereocenters. The predicted molar refractivity (Wildman–Crippen MR) is 89.2 cm³/mol. The van der Waals surface area contributed by atoms with Gasteiger partial charge in [-0.2, -0.15) is 5.10 Å². The Hall–Kier alpha value is -1.66. The molecular formula is C15H15BrN2O2S. The summed E-state index contributed by atoms with van der Waals surface area (Å²) < 4.78 is 6.42. The van der Waals surface area contributed by atoms with Crippen molar-refractivity contribution in [2.24, 2.45) is 5.10 Å². The summed E-state index contributed by atoms with van der Waals surface area (Å²) in [5, 5.41) is 5.90. The number of carbonyl (C=O) groups is 1. The number of thiophene rings is 1. The predicted octanol–water partition coefficient (Wildman–Crippen LogP) is 3.66. The molecule has 1 amide bonds. The average Bonchev–Trinajstić information content (AvgIpc) is 2.86. The number of aryl methyl sites for hydroxylation is 2. The van der Waals surface area contributed by atoms with E-state index in [0.717, 1.165) is 20.5 Å². The number of hydrogen-bond donors (Lipinski definition) is 1. The van der Waals surface area contributed by atoms with Gasteiger partial charge in [-0.1, -0.05) is 15.9 Å². The molecule has 1 aromatic heterocycles.